The SMILES string of the molecule is O=C(Nc1nc2ccc(Br)cc2s1)c1ccc(C(=O)c2ccccc2)cc1. The molecule has 1 N–H and O–H groups in total. The summed E-state index contributed by atoms with van der Waals surface area (Å²) in [5.74, 6) is -0.328. The zero-order valence-corrected chi connectivity index (χ0v) is 16.4. The van der Waals surface area contributed by atoms with Gasteiger partial charge in [-0.05, 0) is 30.3 Å². The topological polar surface area (TPSA) is 59.1 Å². The van der Waals surface area contributed by atoms with Gasteiger partial charge in [0.2, 0.25) is 0 Å². The molecule has 4 nitrogen and oxygen atoms in total. The Morgan fingerprint density at radius 2 is 1.52 bits per heavy atom. The molecule has 132 valence electrons. The third kappa shape index (κ3) is 3.82. The van der Waals surface area contributed by atoms with Gasteiger partial charge in [0, 0.05) is 21.2 Å². The molecular formula is C21H13BrN2O2S. The molecule has 1 amide bonds. The summed E-state index contributed by atoms with van der Waals surface area (Å²) < 4.78 is 1.96. The maximum absolute atomic E-state index is 12.5. The van der Waals surface area contributed by atoms with Gasteiger partial charge in [-0.25, -0.2) is 4.98 Å². The largest absolute Gasteiger partial charge is 0.298 e. The van der Waals surface area contributed by atoms with Gasteiger partial charge >= 0.3 is 0 Å². The Bertz CT molecular complexity index is 1140. The highest BCUT2D eigenvalue weighted by Crippen LogP contribution is 2.28. The van der Waals surface area contributed by atoms with Crippen molar-refractivity contribution in [1.82, 2.24) is 4.98 Å². The summed E-state index contributed by atoms with van der Waals surface area (Å²) in [5.41, 5.74) is 2.47. The van der Waals surface area contributed by atoms with Crippen molar-refractivity contribution in [2.24, 2.45) is 0 Å². The van der Waals surface area contributed by atoms with Crippen LogP contribution in [0.3, 0.4) is 0 Å². The predicted molar refractivity (Wildman–Crippen MR) is 112 cm³/mol. The van der Waals surface area contributed by atoms with Crippen molar-refractivity contribution >= 4 is 54.3 Å². The average molecular weight is 437 g/mol. The van der Waals surface area contributed by atoms with Crippen molar-refractivity contribution in [3.05, 3.63) is 94.0 Å². The van der Waals surface area contributed by atoms with Crippen molar-refractivity contribution in [3.63, 3.8) is 0 Å². The minimum absolute atomic E-state index is 0.0701. The smallest absolute Gasteiger partial charge is 0.257 e. The van der Waals surface area contributed by atoms with Gasteiger partial charge in [0.25, 0.3) is 5.91 Å². The molecule has 0 unspecified atom stereocenters. The zero-order valence-electron chi connectivity index (χ0n) is 14.0. The lowest BCUT2D eigenvalue weighted by Gasteiger charge is -2.04. The molecular weight excluding hydrogens is 424 g/mol. The van der Waals surface area contributed by atoms with Gasteiger partial charge in [0.1, 0.15) is 0 Å². The quantitative estimate of drug-likeness (QED) is 0.427. The van der Waals surface area contributed by atoms with Crippen LogP contribution in [0.25, 0.3) is 10.2 Å². The van der Waals surface area contributed by atoms with Crippen molar-refractivity contribution in [1.29, 1.82) is 0 Å². The van der Waals surface area contributed by atoms with Gasteiger partial charge < -0.3 is 0 Å². The Labute approximate surface area is 168 Å². The normalized spacial score (nSPS) is 10.7. The molecule has 4 aromatic rings. The second kappa shape index (κ2) is 7.42. The van der Waals surface area contributed by atoms with E-state index < -0.39 is 0 Å². The van der Waals surface area contributed by atoms with E-state index in [0.29, 0.717) is 21.8 Å². The number of hydrogen-bond donors (Lipinski definition) is 1. The van der Waals surface area contributed by atoms with Crippen LogP contribution in [0, 0.1) is 0 Å². The van der Waals surface area contributed by atoms with Crippen LogP contribution < -0.4 is 5.32 Å². The van der Waals surface area contributed by atoms with E-state index in [2.05, 4.69) is 26.2 Å². The van der Waals surface area contributed by atoms with Crippen molar-refractivity contribution in [2.45, 2.75) is 0 Å². The number of aromatic nitrogens is 1. The fourth-order valence-corrected chi connectivity index (χ4v) is 4.06. The van der Waals surface area contributed by atoms with Crippen LogP contribution in [0.2, 0.25) is 0 Å². The first-order valence-electron chi connectivity index (χ1n) is 8.17. The van der Waals surface area contributed by atoms with E-state index in [1.807, 2.05) is 36.4 Å². The molecule has 0 saturated heterocycles. The van der Waals surface area contributed by atoms with Gasteiger partial charge in [-0.15, -0.1) is 0 Å². The molecule has 0 radical (unpaired) electrons. The summed E-state index contributed by atoms with van der Waals surface area (Å²) in [6.07, 6.45) is 0. The van der Waals surface area contributed by atoms with Crippen molar-refractivity contribution < 1.29 is 9.59 Å². The van der Waals surface area contributed by atoms with E-state index in [9.17, 15) is 9.59 Å². The van der Waals surface area contributed by atoms with Crippen LogP contribution in [-0.4, -0.2) is 16.7 Å². The lowest BCUT2D eigenvalue weighted by molar-refractivity contribution is 0.102. The average Bonchev–Trinajstić information content (AvgIpc) is 3.09. The number of nitrogens with zero attached hydrogens (tertiary/aromatic N) is 1. The highest BCUT2D eigenvalue weighted by Gasteiger charge is 2.12. The van der Waals surface area contributed by atoms with Crippen LogP contribution in [0.1, 0.15) is 26.3 Å². The second-order valence-corrected chi connectivity index (χ2v) is 7.80. The Balaban J connectivity index is 1.51. The number of nitrogens with one attached hydrogen (secondary N) is 1. The van der Waals surface area contributed by atoms with E-state index in [1.54, 1.807) is 36.4 Å². The summed E-state index contributed by atoms with van der Waals surface area (Å²) in [5, 5.41) is 3.36. The third-order valence-corrected chi connectivity index (χ3v) is 5.44. The third-order valence-electron chi connectivity index (χ3n) is 4.02. The van der Waals surface area contributed by atoms with Crippen LogP contribution in [0.15, 0.2) is 77.3 Å². The van der Waals surface area contributed by atoms with Crippen molar-refractivity contribution in [2.75, 3.05) is 5.32 Å². The number of anilines is 1. The summed E-state index contributed by atoms with van der Waals surface area (Å²) in [7, 11) is 0. The number of amides is 1. The number of fused-ring (bicyclic) bond motifs is 1. The minimum Gasteiger partial charge on any atom is -0.298 e. The monoisotopic (exact) mass is 436 g/mol. The van der Waals surface area contributed by atoms with Gasteiger partial charge in [-0.3, -0.25) is 14.9 Å². The highest BCUT2D eigenvalue weighted by molar-refractivity contribution is 9.10. The summed E-state index contributed by atoms with van der Waals surface area (Å²) in [6.45, 7) is 0. The molecule has 0 aliphatic carbocycles. The maximum atomic E-state index is 12.5. The molecule has 4 rings (SSSR count). The fraction of sp³-hybridized carbons (Fsp3) is 0. The molecule has 0 aliphatic heterocycles. The number of thiazole rings is 1. The molecule has 0 aliphatic rings. The van der Waals surface area contributed by atoms with E-state index in [0.717, 1.165) is 14.7 Å². The Morgan fingerprint density at radius 1 is 0.852 bits per heavy atom. The van der Waals surface area contributed by atoms with E-state index in [-0.39, 0.29) is 11.7 Å². The van der Waals surface area contributed by atoms with E-state index >= 15 is 0 Å². The maximum Gasteiger partial charge on any atom is 0.257 e. The molecule has 27 heavy (non-hydrogen) atoms. The van der Waals surface area contributed by atoms with Gasteiger partial charge in [0.05, 0.1) is 10.2 Å². The number of ketones is 1. The molecule has 6 heteroatoms. The lowest BCUT2D eigenvalue weighted by atomic mass is 10.0. The lowest BCUT2D eigenvalue weighted by Crippen LogP contribution is -2.12. The Hall–Kier alpha value is -2.83. The fourth-order valence-electron chi connectivity index (χ4n) is 2.65. The molecule has 0 atom stereocenters. The molecule has 1 aromatic heterocycles. The number of rotatable bonds is 4. The first-order chi connectivity index (χ1) is 13.1. The van der Waals surface area contributed by atoms with E-state index in [4.69, 9.17) is 0 Å². The standard InChI is InChI=1S/C21H13BrN2O2S/c22-16-10-11-17-18(12-16)27-21(23-17)24-20(26)15-8-6-14(7-9-15)19(25)13-4-2-1-3-5-13/h1-12H,(H,23,24,26). The molecule has 0 bridgehead atoms. The first kappa shape index (κ1) is 17.6. The number of hydrogen-bond acceptors (Lipinski definition) is 4. The molecule has 3 aromatic carbocycles. The zero-order chi connectivity index (χ0) is 18.8. The van der Waals surface area contributed by atoms with Crippen LogP contribution >= 0.6 is 27.3 Å². The van der Waals surface area contributed by atoms with Gasteiger partial charge in [0.15, 0.2) is 10.9 Å². The summed E-state index contributed by atoms with van der Waals surface area (Å²) in [4.78, 5) is 29.3. The molecule has 1 heterocycles. The number of benzene rings is 3. The summed E-state index contributed by atoms with van der Waals surface area (Å²) in [6, 6.07) is 21.5. The number of halogens is 1. The van der Waals surface area contributed by atoms with Crippen LogP contribution in [0.5, 0.6) is 0 Å². The van der Waals surface area contributed by atoms with Gasteiger partial charge in [-0.2, -0.15) is 0 Å². The highest BCUT2D eigenvalue weighted by atomic mass is 79.9. The Kier molecular flexibility index (Phi) is 4.83. The molecule has 0 fully saturated rings. The Morgan fingerprint density at radius 3 is 2.26 bits per heavy atom. The minimum atomic E-state index is -0.258. The van der Waals surface area contributed by atoms with E-state index in [1.165, 1.54) is 11.3 Å². The second-order valence-electron chi connectivity index (χ2n) is 5.86. The van der Waals surface area contributed by atoms with Crippen molar-refractivity contribution in [3.8, 4) is 0 Å². The predicted octanol–water partition coefficient (Wildman–Crippen LogP) is 5.54. The molecule has 0 saturated carbocycles. The van der Waals surface area contributed by atoms with Crippen LogP contribution in [-0.2, 0) is 0 Å². The van der Waals surface area contributed by atoms with Gasteiger partial charge in [-0.1, -0.05) is 69.7 Å². The first-order valence-corrected chi connectivity index (χ1v) is 9.78. The number of carbonyl (C=O) groups excluding carboxylic acids is 2. The number of carbonyl (C=O) groups is 2. The van der Waals surface area contributed by atoms with Crippen LogP contribution in [0.4, 0.5) is 5.13 Å². The summed E-state index contributed by atoms with van der Waals surface area (Å²) >= 11 is 4.84. The molecule has 0 spiro atoms.